The zero-order valence-electron chi connectivity index (χ0n) is 16.3. The Morgan fingerprint density at radius 3 is 2.22 bits per heavy atom. The third-order valence-electron chi connectivity index (χ3n) is 5.96. The first-order valence-corrected chi connectivity index (χ1v) is 9.95. The SMILES string of the molecule is Cc1cc(C)cc(CNC(=O)C2(N3CCNCC3)Cc3ccccc3C2)c1. The topological polar surface area (TPSA) is 44.4 Å². The maximum atomic E-state index is 13.5. The molecule has 1 aliphatic carbocycles. The second-order valence-electron chi connectivity index (χ2n) is 8.07. The normalized spacial score (nSPS) is 18.9. The molecular weight excluding hydrogens is 334 g/mol. The Morgan fingerprint density at radius 1 is 1.04 bits per heavy atom. The van der Waals surface area contributed by atoms with Gasteiger partial charge in [0.2, 0.25) is 5.91 Å². The Hall–Kier alpha value is -2.17. The van der Waals surface area contributed by atoms with Crippen molar-refractivity contribution >= 4 is 5.91 Å². The fourth-order valence-electron chi connectivity index (χ4n) is 4.73. The van der Waals surface area contributed by atoms with Crippen molar-refractivity contribution in [1.82, 2.24) is 15.5 Å². The number of carbonyl (C=O) groups is 1. The van der Waals surface area contributed by atoms with Gasteiger partial charge in [-0.25, -0.2) is 0 Å². The predicted octanol–water partition coefficient (Wildman–Crippen LogP) is 2.36. The number of fused-ring (bicyclic) bond motifs is 1. The molecule has 0 saturated carbocycles. The van der Waals surface area contributed by atoms with Crippen LogP contribution in [0.3, 0.4) is 0 Å². The summed E-state index contributed by atoms with van der Waals surface area (Å²) in [6.45, 7) is 8.54. The summed E-state index contributed by atoms with van der Waals surface area (Å²) in [4.78, 5) is 15.9. The molecule has 142 valence electrons. The summed E-state index contributed by atoms with van der Waals surface area (Å²) < 4.78 is 0. The van der Waals surface area contributed by atoms with Gasteiger partial charge in [-0.3, -0.25) is 9.69 Å². The number of rotatable bonds is 4. The average Bonchev–Trinajstić information content (AvgIpc) is 3.07. The second kappa shape index (κ2) is 7.45. The first kappa shape index (κ1) is 18.2. The van der Waals surface area contributed by atoms with Gasteiger partial charge >= 0.3 is 0 Å². The van der Waals surface area contributed by atoms with E-state index in [2.05, 4.69) is 71.8 Å². The summed E-state index contributed by atoms with van der Waals surface area (Å²) in [7, 11) is 0. The fraction of sp³-hybridized carbons (Fsp3) is 0.435. The lowest BCUT2D eigenvalue weighted by atomic mass is 9.91. The zero-order valence-corrected chi connectivity index (χ0v) is 16.3. The summed E-state index contributed by atoms with van der Waals surface area (Å²) in [6.07, 6.45) is 1.61. The van der Waals surface area contributed by atoms with E-state index in [4.69, 9.17) is 0 Å². The van der Waals surface area contributed by atoms with Crippen LogP contribution in [0.15, 0.2) is 42.5 Å². The van der Waals surface area contributed by atoms with Gasteiger partial charge in [0.15, 0.2) is 0 Å². The van der Waals surface area contributed by atoms with E-state index in [9.17, 15) is 4.79 Å². The molecule has 0 bridgehead atoms. The van der Waals surface area contributed by atoms with Crippen molar-refractivity contribution in [2.24, 2.45) is 0 Å². The molecule has 1 heterocycles. The second-order valence-corrected chi connectivity index (χ2v) is 8.07. The maximum Gasteiger partial charge on any atom is 0.241 e. The molecule has 2 N–H and O–H groups in total. The maximum absolute atomic E-state index is 13.5. The lowest BCUT2D eigenvalue weighted by Gasteiger charge is -2.42. The van der Waals surface area contributed by atoms with Crippen molar-refractivity contribution in [1.29, 1.82) is 0 Å². The van der Waals surface area contributed by atoms with Crippen molar-refractivity contribution in [3.05, 3.63) is 70.3 Å². The van der Waals surface area contributed by atoms with Gasteiger partial charge in [-0.05, 0) is 30.5 Å². The van der Waals surface area contributed by atoms with E-state index in [1.807, 2.05) is 0 Å². The number of amides is 1. The molecule has 0 radical (unpaired) electrons. The molecule has 0 aromatic heterocycles. The van der Waals surface area contributed by atoms with E-state index < -0.39 is 5.54 Å². The van der Waals surface area contributed by atoms with Crippen LogP contribution in [0.4, 0.5) is 0 Å². The first-order chi connectivity index (χ1) is 13.1. The molecule has 4 nitrogen and oxygen atoms in total. The molecule has 4 heteroatoms. The van der Waals surface area contributed by atoms with Crippen molar-refractivity contribution < 1.29 is 4.79 Å². The minimum atomic E-state index is -0.454. The van der Waals surface area contributed by atoms with Gasteiger partial charge in [-0.1, -0.05) is 53.6 Å². The molecule has 27 heavy (non-hydrogen) atoms. The number of carbonyl (C=O) groups excluding carboxylic acids is 1. The van der Waals surface area contributed by atoms with E-state index >= 15 is 0 Å². The Labute approximate surface area is 162 Å². The fourth-order valence-corrected chi connectivity index (χ4v) is 4.73. The molecule has 1 saturated heterocycles. The van der Waals surface area contributed by atoms with Crippen LogP contribution in [0, 0.1) is 13.8 Å². The van der Waals surface area contributed by atoms with Crippen LogP contribution in [0.5, 0.6) is 0 Å². The molecule has 1 fully saturated rings. The van der Waals surface area contributed by atoms with Crippen LogP contribution in [-0.2, 0) is 24.2 Å². The van der Waals surface area contributed by atoms with Crippen LogP contribution in [0.2, 0.25) is 0 Å². The van der Waals surface area contributed by atoms with Crippen LogP contribution < -0.4 is 10.6 Å². The van der Waals surface area contributed by atoms with E-state index in [0.717, 1.165) is 39.0 Å². The highest BCUT2D eigenvalue weighted by atomic mass is 16.2. The summed E-state index contributed by atoms with van der Waals surface area (Å²) in [5, 5.41) is 6.68. The van der Waals surface area contributed by atoms with Crippen LogP contribution in [0.1, 0.15) is 27.8 Å². The molecule has 1 aliphatic heterocycles. The standard InChI is InChI=1S/C23H29N3O/c1-17-11-18(2)13-19(12-17)16-25-22(27)23(26-9-7-24-8-10-26)14-20-5-3-4-6-21(20)15-23/h3-6,11-13,24H,7-10,14-16H2,1-2H3,(H,25,27). The Kier molecular flexibility index (Phi) is 5.02. The number of nitrogens with one attached hydrogen (secondary N) is 2. The molecule has 0 atom stereocenters. The molecule has 0 unspecified atom stereocenters. The number of aryl methyl sites for hydroxylation is 2. The number of piperazine rings is 1. The van der Waals surface area contributed by atoms with E-state index in [0.29, 0.717) is 6.54 Å². The highest BCUT2D eigenvalue weighted by Gasteiger charge is 2.48. The Morgan fingerprint density at radius 2 is 1.63 bits per heavy atom. The molecule has 2 aliphatic rings. The number of nitrogens with zero attached hydrogens (tertiary/aromatic N) is 1. The highest BCUT2D eigenvalue weighted by molar-refractivity contribution is 5.88. The van der Waals surface area contributed by atoms with Gasteiger partial charge in [-0.2, -0.15) is 0 Å². The quantitative estimate of drug-likeness (QED) is 0.877. The number of hydrogen-bond donors (Lipinski definition) is 2. The van der Waals surface area contributed by atoms with Crippen LogP contribution in [0.25, 0.3) is 0 Å². The van der Waals surface area contributed by atoms with Gasteiger partial charge in [-0.15, -0.1) is 0 Å². The first-order valence-electron chi connectivity index (χ1n) is 9.95. The minimum absolute atomic E-state index is 0.166. The van der Waals surface area contributed by atoms with E-state index in [1.165, 1.54) is 27.8 Å². The van der Waals surface area contributed by atoms with Gasteiger partial charge in [0.05, 0.1) is 0 Å². The van der Waals surface area contributed by atoms with Crippen molar-refractivity contribution in [3.8, 4) is 0 Å². The smallest absolute Gasteiger partial charge is 0.241 e. The predicted molar refractivity (Wildman–Crippen MR) is 109 cm³/mol. The Balaban J connectivity index is 1.56. The van der Waals surface area contributed by atoms with Crippen molar-refractivity contribution in [2.75, 3.05) is 26.2 Å². The molecule has 1 amide bonds. The van der Waals surface area contributed by atoms with E-state index in [-0.39, 0.29) is 5.91 Å². The average molecular weight is 364 g/mol. The van der Waals surface area contributed by atoms with Crippen LogP contribution in [-0.4, -0.2) is 42.5 Å². The summed E-state index contributed by atoms with van der Waals surface area (Å²) in [5.41, 5.74) is 5.83. The van der Waals surface area contributed by atoms with Crippen molar-refractivity contribution in [3.63, 3.8) is 0 Å². The molecule has 4 rings (SSSR count). The van der Waals surface area contributed by atoms with Crippen molar-refractivity contribution in [2.45, 2.75) is 38.8 Å². The summed E-state index contributed by atoms with van der Waals surface area (Å²) in [5.74, 6) is 0.166. The molecule has 2 aromatic carbocycles. The molecule has 0 spiro atoms. The monoisotopic (exact) mass is 363 g/mol. The lowest BCUT2D eigenvalue weighted by molar-refractivity contribution is -0.134. The highest BCUT2D eigenvalue weighted by Crippen LogP contribution is 2.35. The third-order valence-corrected chi connectivity index (χ3v) is 5.96. The summed E-state index contributed by atoms with van der Waals surface area (Å²) in [6, 6.07) is 15.0. The van der Waals surface area contributed by atoms with Gasteiger partial charge < -0.3 is 10.6 Å². The molecular formula is C23H29N3O. The number of benzene rings is 2. The summed E-state index contributed by atoms with van der Waals surface area (Å²) >= 11 is 0. The van der Waals surface area contributed by atoms with Gasteiger partial charge in [0.25, 0.3) is 0 Å². The van der Waals surface area contributed by atoms with Gasteiger partial charge in [0, 0.05) is 45.6 Å². The number of hydrogen-bond acceptors (Lipinski definition) is 3. The minimum Gasteiger partial charge on any atom is -0.350 e. The van der Waals surface area contributed by atoms with E-state index in [1.54, 1.807) is 0 Å². The largest absolute Gasteiger partial charge is 0.350 e. The third kappa shape index (κ3) is 3.64. The lowest BCUT2D eigenvalue weighted by Crippen LogP contribution is -2.63. The van der Waals surface area contributed by atoms with Gasteiger partial charge in [0.1, 0.15) is 5.54 Å². The zero-order chi connectivity index (χ0) is 18.9. The van der Waals surface area contributed by atoms with Crippen LogP contribution >= 0.6 is 0 Å². The Bertz CT molecular complexity index is 794. The molecule has 2 aromatic rings.